The van der Waals surface area contributed by atoms with Crippen molar-refractivity contribution >= 4 is 24.2 Å². The van der Waals surface area contributed by atoms with E-state index in [9.17, 15) is 4.21 Å². The summed E-state index contributed by atoms with van der Waals surface area (Å²) in [6.07, 6.45) is 13.1. The molecule has 2 aliphatic carbocycles. The number of hydrogen-bond acceptors (Lipinski definition) is 3. The van der Waals surface area contributed by atoms with E-state index in [2.05, 4.69) is 128 Å². The molecular formula is C45H66NO3PS. The van der Waals surface area contributed by atoms with Gasteiger partial charge in [-0.2, -0.15) is 0 Å². The van der Waals surface area contributed by atoms with Gasteiger partial charge in [-0.1, -0.05) is 130 Å². The first-order valence-corrected chi connectivity index (χ1v) is 22.2. The van der Waals surface area contributed by atoms with Crippen LogP contribution in [0.4, 0.5) is 0 Å². The van der Waals surface area contributed by atoms with Crippen LogP contribution in [-0.2, 0) is 28.4 Å². The van der Waals surface area contributed by atoms with Gasteiger partial charge in [-0.05, 0) is 103 Å². The highest BCUT2D eigenvalue weighted by atomic mass is 32.2. The van der Waals surface area contributed by atoms with E-state index in [1.165, 1.54) is 91.8 Å². The Morgan fingerprint density at radius 1 is 0.745 bits per heavy atom. The van der Waals surface area contributed by atoms with Crippen molar-refractivity contribution < 1.29 is 13.7 Å². The van der Waals surface area contributed by atoms with Gasteiger partial charge in [-0.3, -0.25) is 0 Å². The third kappa shape index (κ3) is 9.87. The number of rotatable bonds is 11. The normalized spacial score (nSPS) is 18.1. The zero-order valence-corrected chi connectivity index (χ0v) is 35.1. The molecule has 6 heteroatoms. The van der Waals surface area contributed by atoms with Crippen molar-refractivity contribution in [2.45, 2.75) is 166 Å². The van der Waals surface area contributed by atoms with Gasteiger partial charge in [0.1, 0.15) is 18.1 Å². The fourth-order valence-electron chi connectivity index (χ4n) is 8.03. The minimum Gasteiger partial charge on any atom is -0.496 e. The molecule has 3 aromatic rings. The Morgan fingerprint density at radius 2 is 1.27 bits per heavy atom. The number of ether oxygens (including phenoxy) is 2. The summed E-state index contributed by atoms with van der Waals surface area (Å²) in [6, 6.07) is 21.7. The lowest BCUT2D eigenvalue weighted by atomic mass is 9.77. The summed E-state index contributed by atoms with van der Waals surface area (Å²) in [6.45, 7) is 20.4. The maximum absolute atomic E-state index is 14.3. The summed E-state index contributed by atoms with van der Waals surface area (Å²) in [5.74, 6) is 1.98. The molecule has 0 aromatic heterocycles. The molecule has 2 aliphatic rings. The van der Waals surface area contributed by atoms with Gasteiger partial charge in [0.15, 0.2) is 0 Å². The molecule has 2 fully saturated rings. The monoisotopic (exact) mass is 731 g/mol. The predicted octanol–water partition coefficient (Wildman–Crippen LogP) is 11.8. The molecular weight excluding hydrogens is 666 g/mol. The highest BCUT2D eigenvalue weighted by Crippen LogP contribution is 2.58. The van der Waals surface area contributed by atoms with Crippen LogP contribution in [0.15, 0.2) is 60.7 Å². The van der Waals surface area contributed by atoms with E-state index in [1.807, 2.05) is 0 Å². The number of nitrogens with one attached hydrogen (secondary N) is 1. The molecule has 2 saturated carbocycles. The maximum atomic E-state index is 14.3. The van der Waals surface area contributed by atoms with E-state index in [1.54, 1.807) is 7.11 Å². The molecule has 2 atom stereocenters. The van der Waals surface area contributed by atoms with Gasteiger partial charge in [-0.25, -0.2) is 8.93 Å². The highest BCUT2D eigenvalue weighted by molar-refractivity contribution is 7.84. The zero-order chi connectivity index (χ0) is 37.0. The topological polar surface area (TPSA) is 47.6 Å². The number of methoxy groups -OCH3 is 1. The Morgan fingerprint density at radius 3 is 1.75 bits per heavy atom. The van der Waals surface area contributed by atoms with E-state index in [4.69, 9.17) is 9.47 Å². The third-order valence-corrected chi connectivity index (χ3v) is 16.0. The molecule has 0 spiro atoms. The molecule has 0 bridgehead atoms. The van der Waals surface area contributed by atoms with Gasteiger partial charge in [0.2, 0.25) is 0 Å². The lowest BCUT2D eigenvalue weighted by Crippen LogP contribution is -2.39. The average molecular weight is 732 g/mol. The minimum absolute atomic E-state index is 0.157. The first-order valence-electron chi connectivity index (χ1n) is 19.6. The summed E-state index contributed by atoms with van der Waals surface area (Å²) < 4.78 is 30.9. The SMILES string of the molecule is COc1c(C(C)(C)C)cc([C@H](N[S@](=O)C(C)(C)C)c2cccc(OCc3ccccc3)c2P(C2CCCCC2)C2CCCCC2)cc1C(C)(C)C. The number of hydrogen-bond donors (Lipinski definition) is 1. The van der Waals surface area contributed by atoms with Crippen molar-refractivity contribution in [2.24, 2.45) is 0 Å². The van der Waals surface area contributed by atoms with Crippen LogP contribution >= 0.6 is 7.92 Å². The zero-order valence-electron chi connectivity index (χ0n) is 33.4. The average Bonchev–Trinajstić information content (AvgIpc) is 3.09. The van der Waals surface area contributed by atoms with Gasteiger partial charge in [-0.15, -0.1) is 0 Å². The maximum Gasteiger partial charge on any atom is 0.127 e. The minimum atomic E-state index is -1.32. The lowest BCUT2D eigenvalue weighted by molar-refractivity contribution is 0.308. The molecule has 280 valence electrons. The van der Waals surface area contributed by atoms with Crippen molar-refractivity contribution in [3.8, 4) is 11.5 Å². The van der Waals surface area contributed by atoms with Crippen molar-refractivity contribution in [3.63, 3.8) is 0 Å². The van der Waals surface area contributed by atoms with Gasteiger partial charge in [0, 0.05) is 16.4 Å². The predicted molar refractivity (Wildman–Crippen MR) is 221 cm³/mol. The van der Waals surface area contributed by atoms with Gasteiger partial charge >= 0.3 is 0 Å². The second-order valence-corrected chi connectivity index (χ2v) is 22.8. The molecule has 0 saturated heterocycles. The van der Waals surface area contributed by atoms with Crippen molar-refractivity contribution in [2.75, 3.05) is 7.11 Å². The van der Waals surface area contributed by atoms with E-state index >= 15 is 0 Å². The van der Waals surface area contributed by atoms with Crippen LogP contribution in [0.3, 0.4) is 0 Å². The first-order chi connectivity index (χ1) is 24.1. The highest BCUT2D eigenvalue weighted by Gasteiger charge is 2.39. The van der Waals surface area contributed by atoms with E-state index < -0.39 is 23.7 Å². The summed E-state index contributed by atoms with van der Waals surface area (Å²) in [7, 11) is -0.0627. The van der Waals surface area contributed by atoms with Crippen LogP contribution in [-0.4, -0.2) is 27.4 Å². The second kappa shape index (κ2) is 16.9. The molecule has 0 heterocycles. The van der Waals surface area contributed by atoms with Crippen molar-refractivity contribution in [1.82, 2.24) is 4.72 Å². The van der Waals surface area contributed by atoms with E-state index in [-0.39, 0.29) is 16.9 Å². The Hall–Kier alpha value is -2.20. The molecule has 51 heavy (non-hydrogen) atoms. The van der Waals surface area contributed by atoms with E-state index in [0.29, 0.717) is 17.9 Å². The molecule has 5 rings (SSSR count). The Kier molecular flexibility index (Phi) is 13.2. The van der Waals surface area contributed by atoms with Gasteiger partial charge in [0.05, 0.1) is 28.9 Å². The summed E-state index contributed by atoms with van der Waals surface area (Å²) in [5, 5.41) is 1.41. The third-order valence-electron chi connectivity index (χ3n) is 10.8. The Bertz CT molecular complexity index is 1550. The summed E-state index contributed by atoms with van der Waals surface area (Å²) in [4.78, 5) is 0. The first kappa shape index (κ1) is 40.0. The van der Waals surface area contributed by atoms with Gasteiger partial charge < -0.3 is 9.47 Å². The molecule has 1 N–H and O–H groups in total. The lowest BCUT2D eigenvalue weighted by Gasteiger charge is -2.41. The molecule has 0 unspecified atom stereocenters. The Labute approximate surface area is 314 Å². The second-order valence-electron chi connectivity index (χ2n) is 18.0. The van der Waals surface area contributed by atoms with Crippen LogP contribution in [0.5, 0.6) is 11.5 Å². The number of benzene rings is 3. The van der Waals surface area contributed by atoms with Gasteiger partial charge in [0.25, 0.3) is 0 Å². The van der Waals surface area contributed by atoms with Crippen LogP contribution < -0.4 is 19.5 Å². The molecule has 4 nitrogen and oxygen atoms in total. The summed E-state index contributed by atoms with van der Waals surface area (Å²) >= 11 is 0. The fourth-order valence-corrected chi connectivity index (χ4v) is 12.9. The Balaban J connectivity index is 1.80. The van der Waals surface area contributed by atoms with Crippen molar-refractivity contribution in [3.05, 3.63) is 88.5 Å². The van der Waals surface area contributed by atoms with Crippen LogP contribution in [0, 0.1) is 0 Å². The van der Waals surface area contributed by atoms with Crippen molar-refractivity contribution in [1.29, 1.82) is 0 Å². The molecule has 0 amide bonds. The standard InChI is InChI=1S/C45H66NO3PS/c1-43(2,3)37-29-33(30-38(41(37)48-10)44(4,5)6)40(46-51(47)45(7,8)9)36-27-20-28-39(49-31-32-21-14-11-15-22-32)42(36)50(34-23-16-12-17-24-34)35-25-18-13-19-26-35/h11,14-15,20-22,27-30,34-35,40,46H,12-13,16-19,23-26,31H2,1-10H3/t40-,51+/m0/s1. The summed E-state index contributed by atoms with van der Waals surface area (Å²) in [5.41, 5.74) is 6.97. The van der Waals surface area contributed by atoms with Crippen LogP contribution in [0.2, 0.25) is 0 Å². The largest absolute Gasteiger partial charge is 0.496 e. The van der Waals surface area contributed by atoms with Crippen LogP contribution in [0.25, 0.3) is 0 Å². The molecule has 3 aromatic carbocycles. The fraction of sp³-hybridized carbons (Fsp3) is 0.600. The van der Waals surface area contributed by atoms with E-state index in [0.717, 1.165) is 17.1 Å². The van der Waals surface area contributed by atoms with Crippen LogP contribution in [0.1, 0.15) is 160 Å². The molecule has 0 radical (unpaired) electrons. The smallest absolute Gasteiger partial charge is 0.127 e. The quantitative estimate of drug-likeness (QED) is 0.200. The molecule has 0 aliphatic heterocycles.